The molecule has 0 aliphatic rings. The molecule has 20 heavy (non-hydrogen) atoms. The minimum absolute atomic E-state index is 0.607. The number of hydrogen-bond acceptors (Lipinski definition) is 4. The lowest BCUT2D eigenvalue weighted by Crippen LogP contribution is -2.33. The van der Waals surface area contributed by atoms with Crippen LogP contribution in [0.2, 0.25) is 0 Å². The maximum Gasteiger partial charge on any atom is 0.0587 e. The van der Waals surface area contributed by atoms with Crippen LogP contribution >= 0.6 is 11.8 Å². The second kappa shape index (κ2) is 10.1. The molecule has 0 aliphatic heterocycles. The second-order valence-corrected chi connectivity index (χ2v) is 5.88. The highest BCUT2D eigenvalue weighted by molar-refractivity contribution is 7.98. The molecule has 1 aromatic rings. The highest BCUT2D eigenvalue weighted by Gasteiger charge is 2.12. The van der Waals surface area contributed by atoms with E-state index in [0.717, 1.165) is 19.7 Å². The minimum atomic E-state index is 0.607. The topological polar surface area (TPSA) is 24.5 Å². The molecule has 0 fully saturated rings. The first kappa shape index (κ1) is 17.3. The molecule has 0 saturated carbocycles. The van der Waals surface area contributed by atoms with Gasteiger partial charge in [-0.3, -0.25) is 0 Å². The Morgan fingerprint density at radius 3 is 2.55 bits per heavy atom. The molecular weight excluding hydrogens is 268 g/mol. The largest absolute Gasteiger partial charge is 0.383 e. The quantitative estimate of drug-likeness (QED) is 0.671. The average Bonchev–Trinajstić information content (AvgIpc) is 2.49. The van der Waals surface area contributed by atoms with E-state index in [9.17, 15) is 0 Å². The van der Waals surface area contributed by atoms with Crippen LogP contribution < -0.4 is 10.2 Å². The van der Waals surface area contributed by atoms with Crippen molar-refractivity contribution in [3.05, 3.63) is 29.8 Å². The van der Waals surface area contributed by atoms with Crippen molar-refractivity contribution in [1.29, 1.82) is 0 Å². The van der Waals surface area contributed by atoms with Gasteiger partial charge >= 0.3 is 0 Å². The molecule has 3 nitrogen and oxygen atoms in total. The van der Waals surface area contributed by atoms with Crippen molar-refractivity contribution in [2.75, 3.05) is 44.2 Å². The van der Waals surface area contributed by atoms with Gasteiger partial charge in [-0.2, -0.15) is 11.8 Å². The lowest BCUT2D eigenvalue weighted by molar-refractivity contribution is 0.199. The first-order valence-corrected chi connectivity index (χ1v) is 8.62. The van der Waals surface area contributed by atoms with Crippen LogP contribution in [0.4, 0.5) is 5.69 Å². The Hall–Kier alpha value is -0.710. The van der Waals surface area contributed by atoms with Gasteiger partial charge in [0, 0.05) is 44.7 Å². The van der Waals surface area contributed by atoms with Gasteiger partial charge < -0.3 is 15.0 Å². The fraction of sp³-hybridized carbons (Fsp3) is 0.625. The van der Waals surface area contributed by atoms with Gasteiger partial charge in [0.2, 0.25) is 0 Å². The molecule has 0 aliphatic carbocycles. The zero-order valence-electron chi connectivity index (χ0n) is 13.2. The van der Waals surface area contributed by atoms with E-state index in [0.29, 0.717) is 6.04 Å². The Bertz CT molecular complexity index is 356. The number of hydrogen-bond donors (Lipinski definition) is 1. The molecule has 1 aromatic carbocycles. The molecule has 1 rings (SSSR count). The van der Waals surface area contributed by atoms with Crippen LogP contribution in [-0.2, 0) is 11.3 Å². The van der Waals surface area contributed by atoms with Gasteiger partial charge in [0.15, 0.2) is 0 Å². The molecule has 1 N–H and O–H groups in total. The van der Waals surface area contributed by atoms with E-state index in [4.69, 9.17) is 4.74 Å². The normalized spacial score (nSPS) is 12.4. The number of thioether (sulfide) groups is 1. The van der Waals surface area contributed by atoms with Crippen LogP contribution in [0.15, 0.2) is 24.3 Å². The Kier molecular flexibility index (Phi) is 8.74. The summed E-state index contributed by atoms with van der Waals surface area (Å²) in [7, 11) is 3.92. The average molecular weight is 296 g/mol. The predicted molar refractivity (Wildman–Crippen MR) is 90.9 cm³/mol. The number of benzene rings is 1. The smallest absolute Gasteiger partial charge is 0.0587 e. The van der Waals surface area contributed by atoms with Crippen LogP contribution in [0.3, 0.4) is 0 Å². The summed E-state index contributed by atoms with van der Waals surface area (Å²) in [5, 5.41) is 3.36. The number of nitrogens with zero attached hydrogens (tertiary/aromatic N) is 1. The lowest BCUT2D eigenvalue weighted by atomic mass is 10.1. The van der Waals surface area contributed by atoms with Gasteiger partial charge in [-0.1, -0.05) is 19.1 Å². The van der Waals surface area contributed by atoms with Crippen LogP contribution in [0.5, 0.6) is 0 Å². The summed E-state index contributed by atoms with van der Waals surface area (Å²) < 4.78 is 5.02. The van der Waals surface area contributed by atoms with Gasteiger partial charge in [-0.15, -0.1) is 0 Å². The zero-order chi connectivity index (χ0) is 14.8. The predicted octanol–water partition coefficient (Wildman–Crippen LogP) is 3.00. The van der Waals surface area contributed by atoms with E-state index in [1.54, 1.807) is 7.11 Å². The Labute approximate surface area is 128 Å². The molecule has 0 saturated heterocycles. The van der Waals surface area contributed by atoms with Crippen molar-refractivity contribution in [1.82, 2.24) is 5.32 Å². The zero-order valence-corrected chi connectivity index (χ0v) is 14.0. The maximum atomic E-state index is 5.02. The molecule has 0 bridgehead atoms. The van der Waals surface area contributed by atoms with Crippen LogP contribution in [0, 0.1) is 0 Å². The highest BCUT2D eigenvalue weighted by atomic mass is 32.2. The molecule has 0 heterocycles. The number of ether oxygens (including phenoxy) is 1. The first-order valence-electron chi connectivity index (χ1n) is 7.23. The molecule has 0 spiro atoms. The van der Waals surface area contributed by atoms with Gasteiger partial charge in [-0.05, 0) is 30.4 Å². The number of methoxy groups -OCH3 is 1. The number of rotatable bonds is 10. The summed E-state index contributed by atoms with van der Waals surface area (Å²) in [4.78, 5) is 2.39. The summed E-state index contributed by atoms with van der Waals surface area (Å²) in [6, 6.07) is 9.46. The minimum Gasteiger partial charge on any atom is -0.383 e. The van der Waals surface area contributed by atoms with Crippen molar-refractivity contribution in [2.45, 2.75) is 25.9 Å². The SMILES string of the molecule is CCC(CSC)N(C)c1ccc(CNCCOC)cc1. The molecule has 0 radical (unpaired) electrons. The molecular formula is C16H28N2OS. The van der Waals surface area contributed by atoms with Crippen molar-refractivity contribution >= 4 is 17.4 Å². The van der Waals surface area contributed by atoms with E-state index in [1.165, 1.54) is 23.4 Å². The van der Waals surface area contributed by atoms with E-state index < -0.39 is 0 Å². The third-order valence-corrected chi connectivity index (χ3v) is 4.25. The number of nitrogens with one attached hydrogen (secondary N) is 1. The first-order chi connectivity index (χ1) is 9.72. The summed E-state index contributed by atoms with van der Waals surface area (Å²) in [6.07, 6.45) is 3.35. The Balaban J connectivity index is 2.52. The van der Waals surface area contributed by atoms with Crippen LogP contribution in [0.1, 0.15) is 18.9 Å². The van der Waals surface area contributed by atoms with Gasteiger partial charge in [0.05, 0.1) is 6.61 Å². The summed E-state index contributed by atoms with van der Waals surface area (Å²) in [6.45, 7) is 4.80. The monoisotopic (exact) mass is 296 g/mol. The second-order valence-electron chi connectivity index (χ2n) is 4.96. The van der Waals surface area contributed by atoms with E-state index in [-0.39, 0.29) is 0 Å². The fourth-order valence-corrected chi connectivity index (χ4v) is 3.01. The van der Waals surface area contributed by atoms with Crippen molar-refractivity contribution < 1.29 is 4.74 Å². The van der Waals surface area contributed by atoms with Gasteiger partial charge in [-0.25, -0.2) is 0 Å². The Morgan fingerprint density at radius 2 is 2.00 bits per heavy atom. The molecule has 0 amide bonds. The molecule has 4 heteroatoms. The third kappa shape index (κ3) is 5.73. The van der Waals surface area contributed by atoms with E-state index >= 15 is 0 Å². The van der Waals surface area contributed by atoms with Crippen molar-refractivity contribution in [3.8, 4) is 0 Å². The van der Waals surface area contributed by atoms with Crippen LogP contribution in [0.25, 0.3) is 0 Å². The van der Waals surface area contributed by atoms with Gasteiger partial charge in [0.1, 0.15) is 0 Å². The molecule has 1 unspecified atom stereocenters. The van der Waals surface area contributed by atoms with Crippen molar-refractivity contribution in [3.63, 3.8) is 0 Å². The molecule has 0 aromatic heterocycles. The molecule has 114 valence electrons. The standard InChI is InChI=1S/C16H28N2OS/c1-5-15(13-20-4)18(2)16-8-6-14(7-9-16)12-17-10-11-19-3/h6-9,15,17H,5,10-13H2,1-4H3. The Morgan fingerprint density at radius 1 is 1.30 bits per heavy atom. The van der Waals surface area contributed by atoms with Crippen molar-refractivity contribution in [2.24, 2.45) is 0 Å². The number of anilines is 1. The third-order valence-electron chi connectivity index (χ3n) is 3.53. The van der Waals surface area contributed by atoms with E-state index in [1.807, 2.05) is 11.8 Å². The van der Waals surface area contributed by atoms with Crippen LogP contribution in [-0.4, -0.2) is 45.4 Å². The summed E-state index contributed by atoms with van der Waals surface area (Å²) in [5.74, 6) is 1.17. The summed E-state index contributed by atoms with van der Waals surface area (Å²) >= 11 is 1.91. The highest BCUT2D eigenvalue weighted by Crippen LogP contribution is 2.19. The fourth-order valence-electron chi connectivity index (χ4n) is 2.16. The summed E-state index contributed by atoms with van der Waals surface area (Å²) in [5.41, 5.74) is 2.61. The molecule has 1 atom stereocenters. The van der Waals surface area contributed by atoms with E-state index in [2.05, 4.69) is 54.7 Å². The van der Waals surface area contributed by atoms with Gasteiger partial charge in [0.25, 0.3) is 0 Å². The maximum absolute atomic E-state index is 5.02. The lowest BCUT2D eigenvalue weighted by Gasteiger charge is -2.29.